The standard InChI is InChI=1S/C21H26N6O2/c1-14(2)27-20-17(13-24-27)11-18(15(3)25-20)21(28)23-12-16-5-4-6-22-19(16)26-7-9-29-10-8-26/h4-6,11,13-14H,7-10,12H2,1-3H3,(H,23,28). The van der Waals surface area contributed by atoms with Crippen molar-refractivity contribution in [2.75, 3.05) is 31.2 Å². The molecule has 29 heavy (non-hydrogen) atoms. The molecule has 0 aromatic carbocycles. The lowest BCUT2D eigenvalue weighted by Crippen LogP contribution is -2.37. The predicted octanol–water partition coefficient (Wildman–Crippen LogP) is 2.48. The van der Waals surface area contributed by atoms with Crippen molar-refractivity contribution in [2.45, 2.75) is 33.4 Å². The van der Waals surface area contributed by atoms with E-state index in [0.717, 1.165) is 35.5 Å². The van der Waals surface area contributed by atoms with Gasteiger partial charge in [0.15, 0.2) is 5.65 Å². The summed E-state index contributed by atoms with van der Waals surface area (Å²) < 4.78 is 7.30. The quantitative estimate of drug-likeness (QED) is 0.716. The van der Waals surface area contributed by atoms with Gasteiger partial charge < -0.3 is 15.0 Å². The number of rotatable bonds is 5. The zero-order valence-corrected chi connectivity index (χ0v) is 17.1. The summed E-state index contributed by atoms with van der Waals surface area (Å²) in [5.41, 5.74) is 3.05. The second-order valence-corrected chi connectivity index (χ2v) is 7.49. The van der Waals surface area contributed by atoms with Crippen molar-refractivity contribution in [3.8, 4) is 0 Å². The minimum Gasteiger partial charge on any atom is -0.378 e. The first kappa shape index (κ1) is 19.3. The van der Waals surface area contributed by atoms with Gasteiger partial charge in [-0.25, -0.2) is 14.6 Å². The molecule has 1 aliphatic heterocycles. The lowest BCUT2D eigenvalue weighted by molar-refractivity contribution is 0.0949. The van der Waals surface area contributed by atoms with Crippen LogP contribution in [0, 0.1) is 6.92 Å². The summed E-state index contributed by atoms with van der Waals surface area (Å²) in [6, 6.07) is 5.97. The Balaban J connectivity index is 1.53. The summed E-state index contributed by atoms with van der Waals surface area (Å²) >= 11 is 0. The zero-order valence-electron chi connectivity index (χ0n) is 17.1. The number of fused-ring (bicyclic) bond motifs is 1. The Morgan fingerprint density at radius 3 is 2.86 bits per heavy atom. The lowest BCUT2D eigenvalue weighted by atomic mass is 10.1. The Hall–Kier alpha value is -3.00. The monoisotopic (exact) mass is 394 g/mol. The van der Waals surface area contributed by atoms with Gasteiger partial charge in [-0.1, -0.05) is 6.07 Å². The molecule has 3 aromatic heterocycles. The largest absolute Gasteiger partial charge is 0.378 e. The zero-order chi connectivity index (χ0) is 20.4. The van der Waals surface area contributed by atoms with Crippen LogP contribution in [0.25, 0.3) is 11.0 Å². The van der Waals surface area contributed by atoms with E-state index in [-0.39, 0.29) is 11.9 Å². The Bertz CT molecular complexity index is 1020. The molecule has 0 bridgehead atoms. The van der Waals surface area contributed by atoms with Crippen LogP contribution < -0.4 is 10.2 Å². The van der Waals surface area contributed by atoms with Gasteiger partial charge in [-0.05, 0) is 32.9 Å². The first-order chi connectivity index (χ1) is 14.0. The number of pyridine rings is 2. The van der Waals surface area contributed by atoms with Crippen LogP contribution in [0.2, 0.25) is 0 Å². The smallest absolute Gasteiger partial charge is 0.253 e. The van der Waals surface area contributed by atoms with Crippen LogP contribution in [0.5, 0.6) is 0 Å². The number of hydrogen-bond acceptors (Lipinski definition) is 6. The fraction of sp³-hybridized carbons (Fsp3) is 0.429. The number of carbonyl (C=O) groups excluding carboxylic acids is 1. The number of ether oxygens (including phenoxy) is 1. The maximum Gasteiger partial charge on any atom is 0.253 e. The van der Waals surface area contributed by atoms with E-state index < -0.39 is 0 Å². The number of amides is 1. The van der Waals surface area contributed by atoms with Crippen LogP contribution in [-0.4, -0.2) is 52.0 Å². The molecule has 0 unspecified atom stereocenters. The van der Waals surface area contributed by atoms with Crippen molar-refractivity contribution in [1.82, 2.24) is 25.1 Å². The molecule has 4 rings (SSSR count). The molecular weight excluding hydrogens is 368 g/mol. The van der Waals surface area contributed by atoms with Gasteiger partial charge in [0.2, 0.25) is 0 Å². The summed E-state index contributed by atoms with van der Waals surface area (Å²) in [4.78, 5) is 24.2. The number of nitrogens with zero attached hydrogens (tertiary/aromatic N) is 5. The maximum absolute atomic E-state index is 12.9. The lowest BCUT2D eigenvalue weighted by Gasteiger charge is -2.29. The third-order valence-electron chi connectivity index (χ3n) is 5.11. The van der Waals surface area contributed by atoms with E-state index in [1.807, 2.05) is 29.8 Å². The summed E-state index contributed by atoms with van der Waals surface area (Å²) in [5, 5.41) is 8.28. The highest BCUT2D eigenvalue weighted by molar-refractivity contribution is 5.98. The van der Waals surface area contributed by atoms with Crippen LogP contribution in [0.1, 0.15) is 41.5 Å². The number of morpholine rings is 1. The third kappa shape index (κ3) is 3.93. The number of aryl methyl sites for hydroxylation is 1. The Morgan fingerprint density at radius 2 is 2.10 bits per heavy atom. The van der Waals surface area contributed by atoms with Crippen molar-refractivity contribution >= 4 is 22.8 Å². The van der Waals surface area contributed by atoms with Gasteiger partial charge in [0.25, 0.3) is 5.91 Å². The fourth-order valence-corrected chi connectivity index (χ4v) is 3.57. The fourth-order valence-electron chi connectivity index (χ4n) is 3.57. The van der Waals surface area contributed by atoms with Gasteiger partial charge >= 0.3 is 0 Å². The SMILES string of the molecule is Cc1nc2c(cnn2C(C)C)cc1C(=O)NCc1cccnc1N1CCOCC1. The molecule has 0 spiro atoms. The average Bonchev–Trinajstić information content (AvgIpc) is 3.15. The van der Waals surface area contributed by atoms with E-state index in [0.29, 0.717) is 31.0 Å². The molecule has 8 nitrogen and oxygen atoms in total. The van der Waals surface area contributed by atoms with E-state index in [2.05, 4.69) is 39.1 Å². The number of nitrogens with one attached hydrogen (secondary N) is 1. The highest BCUT2D eigenvalue weighted by Gasteiger charge is 2.18. The molecule has 0 radical (unpaired) electrons. The second kappa shape index (κ2) is 8.16. The van der Waals surface area contributed by atoms with Gasteiger partial charge in [0.05, 0.1) is 30.7 Å². The molecule has 1 aliphatic rings. The highest BCUT2D eigenvalue weighted by atomic mass is 16.5. The first-order valence-electron chi connectivity index (χ1n) is 9.94. The van der Waals surface area contributed by atoms with Gasteiger partial charge in [0, 0.05) is 42.8 Å². The van der Waals surface area contributed by atoms with Gasteiger partial charge in [-0.2, -0.15) is 5.10 Å². The van der Waals surface area contributed by atoms with Gasteiger partial charge in [-0.15, -0.1) is 0 Å². The van der Waals surface area contributed by atoms with Crippen LogP contribution >= 0.6 is 0 Å². The second-order valence-electron chi connectivity index (χ2n) is 7.49. The number of carbonyl (C=O) groups is 1. The number of hydrogen-bond donors (Lipinski definition) is 1. The Kier molecular flexibility index (Phi) is 5.44. The molecule has 1 amide bonds. The number of aromatic nitrogens is 4. The molecule has 1 fully saturated rings. The molecule has 8 heteroatoms. The van der Waals surface area contributed by atoms with E-state index in [1.54, 1.807) is 12.4 Å². The minimum atomic E-state index is -0.147. The molecular formula is C21H26N6O2. The summed E-state index contributed by atoms with van der Waals surface area (Å²) in [5.74, 6) is 0.755. The molecule has 152 valence electrons. The predicted molar refractivity (Wildman–Crippen MR) is 111 cm³/mol. The first-order valence-corrected chi connectivity index (χ1v) is 9.94. The van der Waals surface area contributed by atoms with Gasteiger partial charge in [-0.3, -0.25) is 4.79 Å². The Morgan fingerprint density at radius 1 is 1.31 bits per heavy atom. The Labute approximate surface area is 169 Å². The van der Waals surface area contributed by atoms with Crippen molar-refractivity contribution in [3.63, 3.8) is 0 Å². The molecule has 3 aromatic rings. The molecule has 1 saturated heterocycles. The normalized spacial score (nSPS) is 14.6. The molecule has 4 heterocycles. The van der Waals surface area contributed by atoms with E-state index in [1.165, 1.54) is 0 Å². The summed E-state index contributed by atoms with van der Waals surface area (Å²) in [6.07, 6.45) is 3.54. The van der Waals surface area contributed by atoms with Crippen LogP contribution in [-0.2, 0) is 11.3 Å². The van der Waals surface area contributed by atoms with Crippen molar-refractivity contribution in [1.29, 1.82) is 0 Å². The third-order valence-corrected chi connectivity index (χ3v) is 5.11. The van der Waals surface area contributed by atoms with Crippen molar-refractivity contribution < 1.29 is 9.53 Å². The van der Waals surface area contributed by atoms with E-state index in [9.17, 15) is 4.79 Å². The topological polar surface area (TPSA) is 85.2 Å². The van der Waals surface area contributed by atoms with Crippen molar-refractivity contribution in [2.24, 2.45) is 0 Å². The maximum atomic E-state index is 12.9. The van der Waals surface area contributed by atoms with Gasteiger partial charge in [0.1, 0.15) is 5.82 Å². The average molecular weight is 394 g/mol. The van der Waals surface area contributed by atoms with Crippen LogP contribution in [0.3, 0.4) is 0 Å². The summed E-state index contributed by atoms with van der Waals surface area (Å²) in [7, 11) is 0. The van der Waals surface area contributed by atoms with Crippen LogP contribution in [0.4, 0.5) is 5.82 Å². The molecule has 0 aliphatic carbocycles. The van der Waals surface area contributed by atoms with E-state index in [4.69, 9.17) is 4.74 Å². The molecule has 0 atom stereocenters. The summed E-state index contributed by atoms with van der Waals surface area (Å²) in [6.45, 7) is 9.37. The highest BCUT2D eigenvalue weighted by Crippen LogP contribution is 2.21. The minimum absolute atomic E-state index is 0.147. The van der Waals surface area contributed by atoms with Crippen molar-refractivity contribution in [3.05, 3.63) is 47.4 Å². The van der Waals surface area contributed by atoms with E-state index >= 15 is 0 Å². The number of anilines is 1. The molecule has 0 saturated carbocycles. The van der Waals surface area contributed by atoms with Crippen LogP contribution in [0.15, 0.2) is 30.6 Å². The molecule has 1 N–H and O–H groups in total.